The summed E-state index contributed by atoms with van der Waals surface area (Å²) >= 11 is 0. The van der Waals surface area contributed by atoms with Gasteiger partial charge in [-0.15, -0.1) is 0 Å². The minimum atomic E-state index is -1.81. The first kappa shape index (κ1) is 64.7. The van der Waals surface area contributed by atoms with Gasteiger partial charge in [0.25, 0.3) is 5.91 Å². The first-order chi connectivity index (χ1) is 40.6. The maximum Gasteiger partial charge on any atom is 0.326 e. The summed E-state index contributed by atoms with van der Waals surface area (Å²) in [5, 5.41) is 49.1. The zero-order chi connectivity index (χ0) is 61.9. The Morgan fingerprint density at radius 1 is 0.765 bits per heavy atom. The lowest BCUT2D eigenvalue weighted by Gasteiger charge is -2.28. The number of rotatable bonds is 30. The fourth-order valence-corrected chi connectivity index (χ4v) is 10.0. The highest BCUT2D eigenvalue weighted by atomic mass is 16.4. The van der Waals surface area contributed by atoms with Gasteiger partial charge in [-0.1, -0.05) is 44.2 Å². The van der Waals surface area contributed by atoms with Crippen LogP contribution in [-0.4, -0.2) is 192 Å². The van der Waals surface area contributed by atoms with Crippen molar-refractivity contribution in [1.82, 2.24) is 62.0 Å². The summed E-state index contributed by atoms with van der Waals surface area (Å²) in [4.78, 5) is 166. The van der Waals surface area contributed by atoms with Crippen LogP contribution in [0.5, 0.6) is 5.75 Å². The molecule has 2 saturated heterocycles. The molecule has 458 valence electrons. The van der Waals surface area contributed by atoms with E-state index in [0.29, 0.717) is 52.0 Å². The lowest BCUT2D eigenvalue weighted by Crippen LogP contribution is -2.61. The molecule has 0 spiro atoms. The van der Waals surface area contributed by atoms with E-state index in [1.54, 1.807) is 44.3 Å². The molecule has 2 aromatic heterocycles. The van der Waals surface area contributed by atoms with E-state index < -0.39 is 127 Å². The number of H-pyrrole nitrogens is 2. The zero-order valence-corrected chi connectivity index (χ0v) is 47.0. The van der Waals surface area contributed by atoms with E-state index >= 15 is 0 Å². The molecular formula is C55H74N16O14. The van der Waals surface area contributed by atoms with Crippen LogP contribution in [-0.2, 0) is 72.0 Å². The van der Waals surface area contributed by atoms with Crippen molar-refractivity contribution >= 4 is 81.9 Å². The molecule has 2 aromatic carbocycles. The fraction of sp³-hybridized carbons (Fsp3) is 0.473. The summed E-state index contributed by atoms with van der Waals surface area (Å²) in [5.41, 5.74) is 18.4. The molecular weight excluding hydrogens is 1110 g/mol. The third-order valence-electron chi connectivity index (χ3n) is 14.3. The van der Waals surface area contributed by atoms with Crippen LogP contribution in [0.1, 0.15) is 75.6 Å². The molecule has 8 atom stereocenters. The van der Waals surface area contributed by atoms with Gasteiger partial charge in [-0.3, -0.25) is 57.8 Å². The van der Waals surface area contributed by atoms with E-state index in [2.05, 4.69) is 57.2 Å². The second kappa shape index (κ2) is 30.7. The molecule has 18 N–H and O–H groups in total. The van der Waals surface area contributed by atoms with Crippen LogP contribution < -0.4 is 54.4 Å². The number of carbonyl (C=O) groups excluding carboxylic acids is 10. The lowest BCUT2D eigenvalue weighted by molar-refractivity contribution is -0.155. The SMILES string of the molecule is CC(C)C[C@H](NC(=O)[C@H](CCCN=C(N)N)NC(=O)[C@@H]1CCCN1C(=O)CN)C(=O)NCC(=O)N[C@@H](Cc1ccc(O)cc1)C(=O)N[C@@H](CO)C(=O)N[C@@H](Cc1c[nH]c2ccccc12)C(=O)N[C@@H](Cc1cnc[nH]1)C(=O)N1C(=O)CC[C@H]1C(=O)O. The van der Waals surface area contributed by atoms with Gasteiger partial charge in [0.1, 0.15) is 54.1 Å². The van der Waals surface area contributed by atoms with Crippen molar-refractivity contribution in [2.75, 3.05) is 32.8 Å². The second-order valence-electron chi connectivity index (χ2n) is 21.1. The van der Waals surface area contributed by atoms with Crippen molar-refractivity contribution in [1.29, 1.82) is 0 Å². The normalized spacial score (nSPS) is 16.9. The molecule has 2 aliphatic rings. The number of imide groups is 1. The number of hydrogen-bond donors (Lipinski definition) is 15. The van der Waals surface area contributed by atoms with Crippen LogP contribution in [0, 0.1) is 5.92 Å². The molecule has 30 nitrogen and oxygen atoms in total. The van der Waals surface area contributed by atoms with Crippen molar-refractivity contribution in [2.45, 2.75) is 126 Å². The molecule has 10 amide bonds. The molecule has 0 aliphatic carbocycles. The highest BCUT2D eigenvalue weighted by Gasteiger charge is 2.44. The van der Waals surface area contributed by atoms with Crippen molar-refractivity contribution in [3.63, 3.8) is 0 Å². The number of likely N-dealkylation sites (tertiary alicyclic amines) is 2. The summed E-state index contributed by atoms with van der Waals surface area (Å²) in [5.74, 6) is -10.4. The molecule has 4 aromatic rings. The number of para-hydroxylation sites is 1. The van der Waals surface area contributed by atoms with Crippen LogP contribution in [0.3, 0.4) is 0 Å². The first-order valence-electron chi connectivity index (χ1n) is 27.7. The van der Waals surface area contributed by atoms with Gasteiger partial charge in [0, 0.05) is 67.8 Å². The molecule has 2 fully saturated rings. The standard InChI is InChI=1S/C55H74N16O14/c1-29(2)19-37(66-48(78)36(9-5-17-60-55(57)58)65-52(82)42-10-6-18-70(42)46(76)23-56)47(77)62-26-44(74)64-38(20-30-11-13-33(73)14-12-30)49(79)69-41(27-72)51(81)67-39(21-31-24-61-35-8-4-3-7-34(31)35)50(80)68-40(22-32-25-59-28-63-32)53(83)71-43(54(84)85)15-16-45(71)75/h3-4,7-8,11-14,24-25,28-29,36-43,61,72-73H,5-6,9-10,15-23,26-27,56H2,1-2H3,(H,59,63)(H,62,77)(H,64,74)(H,65,82)(H,66,78)(H,67,81)(H,68,80)(H,69,79)(H,84,85)(H4,57,58,60)/t36-,37-,38-,39-,40-,41-,42-,43-/m0/s1. The second-order valence-corrected chi connectivity index (χ2v) is 21.1. The monoisotopic (exact) mass is 1180 g/mol. The zero-order valence-electron chi connectivity index (χ0n) is 47.0. The summed E-state index contributed by atoms with van der Waals surface area (Å²) < 4.78 is 0. The lowest BCUT2D eigenvalue weighted by atomic mass is 10.0. The summed E-state index contributed by atoms with van der Waals surface area (Å²) in [6.45, 7) is 1.83. The Hall–Kier alpha value is -9.45. The predicted molar refractivity (Wildman–Crippen MR) is 303 cm³/mol. The number of phenolic OH excluding ortho intramolecular Hbond substituents is 1. The molecule has 0 unspecified atom stereocenters. The van der Waals surface area contributed by atoms with Gasteiger partial charge in [-0.2, -0.15) is 0 Å². The van der Waals surface area contributed by atoms with Gasteiger partial charge in [-0.25, -0.2) is 9.78 Å². The summed E-state index contributed by atoms with van der Waals surface area (Å²) in [6.07, 6.45) is 4.21. The van der Waals surface area contributed by atoms with Crippen molar-refractivity contribution < 1.29 is 68.1 Å². The number of fused-ring (bicyclic) bond motifs is 1. The predicted octanol–water partition coefficient (Wildman–Crippen LogP) is -3.71. The van der Waals surface area contributed by atoms with E-state index in [9.17, 15) is 68.1 Å². The Labute approximate surface area is 487 Å². The Morgan fingerprint density at radius 3 is 2.08 bits per heavy atom. The minimum Gasteiger partial charge on any atom is -0.508 e. The molecule has 2 aliphatic heterocycles. The van der Waals surface area contributed by atoms with Crippen molar-refractivity contribution in [2.24, 2.45) is 28.1 Å². The number of nitrogens with two attached hydrogens (primary N) is 3. The number of aliphatic hydroxyl groups is 1. The molecule has 0 radical (unpaired) electrons. The van der Waals surface area contributed by atoms with Crippen molar-refractivity contribution in [3.05, 3.63) is 84.1 Å². The summed E-state index contributed by atoms with van der Waals surface area (Å²) in [7, 11) is 0. The highest BCUT2D eigenvalue weighted by molar-refractivity contribution is 6.05. The van der Waals surface area contributed by atoms with Crippen LogP contribution in [0.2, 0.25) is 0 Å². The van der Waals surface area contributed by atoms with Gasteiger partial charge >= 0.3 is 5.97 Å². The van der Waals surface area contributed by atoms with E-state index in [4.69, 9.17) is 17.2 Å². The van der Waals surface area contributed by atoms with Gasteiger partial charge in [-0.05, 0) is 73.8 Å². The number of guanidine groups is 1. The van der Waals surface area contributed by atoms with Crippen LogP contribution in [0.4, 0.5) is 0 Å². The van der Waals surface area contributed by atoms with E-state index in [0.717, 1.165) is 0 Å². The number of imidazole rings is 1. The minimum absolute atomic E-state index is 0.0192. The Morgan fingerprint density at radius 2 is 1.42 bits per heavy atom. The average molecular weight is 1180 g/mol. The smallest absolute Gasteiger partial charge is 0.326 e. The maximum atomic E-state index is 14.5. The number of carbonyl (C=O) groups is 11. The molecule has 0 bridgehead atoms. The van der Waals surface area contributed by atoms with Crippen LogP contribution in [0.25, 0.3) is 10.9 Å². The Balaban J connectivity index is 1.17. The number of aliphatic hydroxyl groups excluding tert-OH is 1. The third-order valence-corrected chi connectivity index (χ3v) is 14.3. The number of phenols is 1. The number of nitrogens with one attached hydrogen (secondary N) is 9. The van der Waals surface area contributed by atoms with Gasteiger partial charge in [0.05, 0.1) is 26.0 Å². The van der Waals surface area contributed by atoms with Gasteiger partial charge in [0.2, 0.25) is 53.2 Å². The first-order valence-corrected chi connectivity index (χ1v) is 27.7. The average Bonchev–Trinajstić information content (AvgIpc) is 3.32. The topological polar surface area (TPSA) is 474 Å². The number of nitrogens with zero attached hydrogens (tertiary/aromatic N) is 4. The number of carboxylic acid groups (broad SMARTS) is 1. The summed E-state index contributed by atoms with van der Waals surface area (Å²) in [6, 6.07) is 1.22. The third kappa shape index (κ3) is 18.3. The van der Waals surface area contributed by atoms with E-state index in [-0.39, 0.29) is 82.1 Å². The fourth-order valence-electron chi connectivity index (χ4n) is 10.0. The van der Waals surface area contributed by atoms with E-state index in [1.807, 2.05) is 0 Å². The largest absolute Gasteiger partial charge is 0.508 e. The molecule has 6 rings (SSSR count). The molecule has 30 heteroatoms. The van der Waals surface area contributed by atoms with Crippen molar-refractivity contribution in [3.8, 4) is 5.75 Å². The number of aliphatic imine (C=N–C) groups is 1. The number of benzene rings is 2. The number of aromatic nitrogens is 3. The Bertz CT molecular complexity index is 3070. The van der Waals surface area contributed by atoms with Crippen LogP contribution in [0.15, 0.2) is 72.2 Å². The maximum absolute atomic E-state index is 14.5. The number of carboxylic acids is 1. The number of aliphatic carboxylic acids is 1. The Kier molecular flexibility index (Phi) is 23.4. The van der Waals surface area contributed by atoms with E-state index in [1.165, 1.54) is 41.7 Å². The number of aromatic hydroxyl groups is 1. The molecule has 85 heavy (non-hydrogen) atoms. The number of amides is 10. The highest BCUT2D eigenvalue weighted by Crippen LogP contribution is 2.23. The van der Waals surface area contributed by atoms with Gasteiger partial charge < -0.3 is 84.6 Å². The van der Waals surface area contributed by atoms with Gasteiger partial charge in [0.15, 0.2) is 5.96 Å². The molecule has 0 saturated carbocycles. The molecule has 4 heterocycles. The number of aromatic amines is 2. The van der Waals surface area contributed by atoms with Crippen LogP contribution >= 0.6 is 0 Å². The quantitative estimate of drug-likeness (QED) is 0.0136. The number of hydrogen-bond acceptors (Lipinski definition) is 16.